The van der Waals surface area contributed by atoms with Crippen LogP contribution in [0.1, 0.15) is 16.1 Å². The summed E-state index contributed by atoms with van der Waals surface area (Å²) in [4.78, 5) is 12.5. The van der Waals surface area contributed by atoms with Gasteiger partial charge in [-0.15, -0.1) is 0 Å². The number of methoxy groups -OCH3 is 2. The number of aromatic nitrogens is 2. The fourth-order valence-electron chi connectivity index (χ4n) is 2.84. The van der Waals surface area contributed by atoms with Crippen LogP contribution in [-0.2, 0) is 0 Å². The van der Waals surface area contributed by atoms with Gasteiger partial charge in [-0.3, -0.25) is 9.89 Å². The number of aromatic amines is 1. The summed E-state index contributed by atoms with van der Waals surface area (Å²) in [6, 6.07) is 12.5. The third kappa shape index (κ3) is 3.55. The molecule has 0 aliphatic carbocycles. The first kappa shape index (κ1) is 17.7. The van der Waals surface area contributed by atoms with Gasteiger partial charge in [0.15, 0.2) is 17.3 Å². The number of ketones is 1. The van der Waals surface area contributed by atoms with E-state index in [1.807, 2.05) is 24.3 Å². The smallest absolute Gasteiger partial charge is 0.231 e. The van der Waals surface area contributed by atoms with Gasteiger partial charge < -0.3 is 18.9 Å². The first-order valence-electron chi connectivity index (χ1n) is 8.57. The summed E-state index contributed by atoms with van der Waals surface area (Å²) < 4.78 is 21.1. The van der Waals surface area contributed by atoms with Crippen LogP contribution in [0.4, 0.5) is 0 Å². The number of rotatable bonds is 6. The van der Waals surface area contributed by atoms with Gasteiger partial charge in [-0.1, -0.05) is 0 Å². The van der Waals surface area contributed by atoms with E-state index in [1.54, 1.807) is 38.5 Å². The number of carbonyl (C=O) groups is 1. The van der Waals surface area contributed by atoms with Crippen molar-refractivity contribution in [2.24, 2.45) is 0 Å². The molecule has 7 nitrogen and oxygen atoms in total. The second-order valence-electron chi connectivity index (χ2n) is 6.08. The molecule has 7 heteroatoms. The molecule has 0 saturated heterocycles. The summed E-state index contributed by atoms with van der Waals surface area (Å²) in [5.41, 5.74) is 2.82. The van der Waals surface area contributed by atoms with Gasteiger partial charge in [0, 0.05) is 17.2 Å². The molecule has 1 N–H and O–H groups in total. The van der Waals surface area contributed by atoms with Gasteiger partial charge >= 0.3 is 0 Å². The molecule has 0 bridgehead atoms. The molecule has 3 aromatic rings. The molecule has 4 rings (SSSR count). The molecular formula is C21H18N2O5. The van der Waals surface area contributed by atoms with Crippen LogP contribution in [0.3, 0.4) is 0 Å². The zero-order chi connectivity index (χ0) is 19.5. The number of nitrogens with one attached hydrogen (secondary N) is 1. The normalized spacial score (nSPS) is 12.4. The molecule has 0 radical (unpaired) electrons. The Kier molecular flexibility index (Phi) is 4.72. The maximum atomic E-state index is 12.5. The highest BCUT2D eigenvalue weighted by atomic mass is 16.7. The molecule has 0 saturated carbocycles. The number of hydrogen-bond acceptors (Lipinski definition) is 6. The van der Waals surface area contributed by atoms with Crippen molar-refractivity contribution in [3.05, 3.63) is 59.8 Å². The first-order chi connectivity index (χ1) is 13.7. The number of nitrogens with zero attached hydrogens (tertiary/aromatic N) is 1. The minimum atomic E-state index is -0.170. The molecule has 2 aromatic carbocycles. The zero-order valence-electron chi connectivity index (χ0n) is 15.4. The monoisotopic (exact) mass is 378 g/mol. The third-order valence-electron chi connectivity index (χ3n) is 4.32. The Hall–Kier alpha value is -3.74. The molecule has 0 fully saturated rings. The van der Waals surface area contributed by atoms with Gasteiger partial charge in [0.1, 0.15) is 11.5 Å². The molecule has 0 spiro atoms. The number of benzene rings is 2. The average molecular weight is 378 g/mol. The van der Waals surface area contributed by atoms with Crippen LogP contribution in [0, 0.1) is 0 Å². The molecule has 2 heterocycles. The summed E-state index contributed by atoms with van der Waals surface area (Å²) in [5.74, 6) is 2.36. The summed E-state index contributed by atoms with van der Waals surface area (Å²) in [5, 5.41) is 7.21. The van der Waals surface area contributed by atoms with Gasteiger partial charge in [0.05, 0.1) is 25.6 Å². The topological polar surface area (TPSA) is 82.7 Å². The predicted molar refractivity (Wildman–Crippen MR) is 103 cm³/mol. The van der Waals surface area contributed by atoms with E-state index in [9.17, 15) is 4.79 Å². The van der Waals surface area contributed by atoms with Crippen LogP contribution in [-0.4, -0.2) is 37.0 Å². The average Bonchev–Trinajstić information content (AvgIpc) is 3.40. The first-order valence-corrected chi connectivity index (χ1v) is 8.57. The maximum Gasteiger partial charge on any atom is 0.231 e. The fraction of sp³-hybridized carbons (Fsp3) is 0.143. The molecule has 0 amide bonds. The van der Waals surface area contributed by atoms with Gasteiger partial charge in [-0.2, -0.15) is 5.10 Å². The molecule has 1 aliphatic rings. The lowest BCUT2D eigenvalue weighted by Gasteiger charge is -2.06. The Labute approximate surface area is 161 Å². The van der Waals surface area contributed by atoms with Gasteiger partial charge in [0.25, 0.3) is 0 Å². The lowest BCUT2D eigenvalue weighted by Crippen LogP contribution is -1.97. The van der Waals surface area contributed by atoms with Crippen molar-refractivity contribution in [3.63, 3.8) is 0 Å². The zero-order valence-corrected chi connectivity index (χ0v) is 15.4. The highest BCUT2D eigenvalue weighted by Gasteiger charge is 2.15. The molecule has 1 aliphatic heterocycles. The van der Waals surface area contributed by atoms with E-state index < -0.39 is 0 Å². The summed E-state index contributed by atoms with van der Waals surface area (Å²) in [6.07, 6.45) is 3.16. The van der Waals surface area contributed by atoms with E-state index in [4.69, 9.17) is 18.9 Å². The van der Waals surface area contributed by atoms with E-state index in [0.29, 0.717) is 28.5 Å². The third-order valence-corrected chi connectivity index (χ3v) is 4.32. The van der Waals surface area contributed by atoms with E-state index in [-0.39, 0.29) is 12.6 Å². The molecule has 28 heavy (non-hydrogen) atoms. The van der Waals surface area contributed by atoms with Crippen LogP contribution in [0.15, 0.2) is 48.5 Å². The van der Waals surface area contributed by atoms with E-state index in [1.165, 1.54) is 6.08 Å². The van der Waals surface area contributed by atoms with Crippen LogP contribution in [0.5, 0.6) is 23.0 Å². The number of carbonyl (C=O) groups excluding carboxylic acids is 1. The molecule has 0 atom stereocenters. The Bertz CT molecular complexity index is 1030. The maximum absolute atomic E-state index is 12.5. The van der Waals surface area contributed by atoms with Crippen LogP contribution in [0.25, 0.3) is 17.3 Å². The predicted octanol–water partition coefficient (Wildman–Crippen LogP) is 3.72. The molecule has 142 valence electrons. The van der Waals surface area contributed by atoms with E-state index >= 15 is 0 Å². The second kappa shape index (κ2) is 7.48. The summed E-state index contributed by atoms with van der Waals surface area (Å²) in [7, 11) is 3.09. The quantitative estimate of drug-likeness (QED) is 0.520. The Morgan fingerprint density at radius 2 is 1.79 bits per heavy atom. The van der Waals surface area contributed by atoms with E-state index in [2.05, 4.69) is 10.2 Å². The van der Waals surface area contributed by atoms with E-state index in [0.717, 1.165) is 17.0 Å². The van der Waals surface area contributed by atoms with Gasteiger partial charge in [-0.25, -0.2) is 0 Å². The number of allylic oxidation sites excluding steroid dienone is 1. The highest BCUT2D eigenvalue weighted by molar-refractivity contribution is 6.07. The summed E-state index contributed by atoms with van der Waals surface area (Å²) >= 11 is 0. The van der Waals surface area contributed by atoms with Crippen molar-refractivity contribution in [2.75, 3.05) is 21.0 Å². The Morgan fingerprint density at radius 3 is 2.54 bits per heavy atom. The van der Waals surface area contributed by atoms with Gasteiger partial charge in [0.2, 0.25) is 6.79 Å². The second-order valence-corrected chi connectivity index (χ2v) is 6.08. The molecule has 1 aromatic heterocycles. The van der Waals surface area contributed by atoms with Crippen LogP contribution in [0.2, 0.25) is 0 Å². The Morgan fingerprint density at radius 1 is 1.04 bits per heavy atom. The van der Waals surface area contributed by atoms with Crippen molar-refractivity contribution in [2.45, 2.75) is 0 Å². The number of hydrogen-bond donors (Lipinski definition) is 1. The van der Waals surface area contributed by atoms with Crippen molar-refractivity contribution in [3.8, 4) is 34.3 Å². The van der Waals surface area contributed by atoms with Crippen LogP contribution < -0.4 is 18.9 Å². The van der Waals surface area contributed by atoms with Crippen molar-refractivity contribution in [1.29, 1.82) is 0 Å². The lowest BCUT2D eigenvalue weighted by atomic mass is 10.1. The number of ether oxygens (including phenoxy) is 4. The molecule has 0 unspecified atom stereocenters. The SMILES string of the molecule is COc1cc(OC)cc(C(=O)/C=C/c2cc(-c3ccc4c(c3)OCO4)n[nH]2)c1. The summed E-state index contributed by atoms with van der Waals surface area (Å²) in [6.45, 7) is 0.227. The minimum Gasteiger partial charge on any atom is -0.497 e. The lowest BCUT2D eigenvalue weighted by molar-refractivity contribution is 0.104. The standard InChI is InChI=1S/C21H18N2O5/c1-25-16-7-14(8-17(11-16)26-2)19(24)5-4-15-10-18(23-22-15)13-3-6-20-21(9-13)28-12-27-20/h3-11H,12H2,1-2H3,(H,22,23)/b5-4+. The minimum absolute atomic E-state index is 0.170. The highest BCUT2D eigenvalue weighted by Crippen LogP contribution is 2.35. The van der Waals surface area contributed by atoms with Crippen molar-refractivity contribution in [1.82, 2.24) is 10.2 Å². The number of H-pyrrole nitrogens is 1. The fourth-order valence-corrected chi connectivity index (χ4v) is 2.84. The van der Waals surface area contributed by atoms with Gasteiger partial charge in [-0.05, 0) is 48.6 Å². The van der Waals surface area contributed by atoms with Crippen LogP contribution >= 0.6 is 0 Å². The largest absolute Gasteiger partial charge is 0.497 e. The number of fused-ring (bicyclic) bond motifs is 1. The molecular weight excluding hydrogens is 360 g/mol. The Balaban J connectivity index is 1.52. The van der Waals surface area contributed by atoms with Crippen molar-refractivity contribution >= 4 is 11.9 Å². The van der Waals surface area contributed by atoms with Crippen molar-refractivity contribution < 1.29 is 23.7 Å².